The minimum absolute atomic E-state index is 0.0522. The molecule has 2 aliphatic heterocycles. The van der Waals surface area contributed by atoms with Crippen molar-refractivity contribution in [3.8, 4) is 0 Å². The van der Waals surface area contributed by atoms with Gasteiger partial charge in [-0.25, -0.2) is 0 Å². The Hall–Kier alpha value is -1.63. The minimum Gasteiger partial charge on any atom is -0.480 e. The van der Waals surface area contributed by atoms with Crippen LogP contribution in [0, 0.1) is 5.92 Å². The average molecular weight is 367 g/mol. The number of rotatable bonds is 8. The highest BCUT2D eigenvalue weighted by Crippen LogP contribution is 2.26. The van der Waals surface area contributed by atoms with Crippen LogP contribution < -0.4 is 0 Å². The van der Waals surface area contributed by atoms with E-state index in [1.807, 2.05) is 21.6 Å². The first-order chi connectivity index (χ1) is 12.4. The van der Waals surface area contributed by atoms with Gasteiger partial charge in [-0.1, -0.05) is 20.8 Å². The molecule has 2 saturated heterocycles. The van der Waals surface area contributed by atoms with Gasteiger partial charge in [0.05, 0.1) is 12.5 Å². The van der Waals surface area contributed by atoms with Crippen molar-refractivity contribution in [2.75, 3.05) is 32.7 Å². The second kappa shape index (κ2) is 9.35. The van der Waals surface area contributed by atoms with Gasteiger partial charge in [0, 0.05) is 38.1 Å². The summed E-state index contributed by atoms with van der Waals surface area (Å²) in [5.74, 6) is -0.839. The Morgan fingerprint density at radius 2 is 1.81 bits per heavy atom. The molecule has 2 aliphatic rings. The molecule has 0 spiro atoms. The Labute approximate surface area is 156 Å². The highest BCUT2D eigenvalue weighted by molar-refractivity contribution is 5.89. The van der Waals surface area contributed by atoms with Gasteiger partial charge >= 0.3 is 5.97 Å². The summed E-state index contributed by atoms with van der Waals surface area (Å²) in [7, 11) is 0. The Balaban J connectivity index is 1.88. The zero-order chi connectivity index (χ0) is 19.3. The molecule has 2 fully saturated rings. The minimum atomic E-state index is -0.809. The Bertz CT molecular complexity index is 513. The lowest BCUT2D eigenvalue weighted by atomic mass is 10.00. The van der Waals surface area contributed by atoms with Crippen molar-refractivity contribution in [2.24, 2.45) is 5.92 Å². The molecule has 2 amide bonds. The van der Waals surface area contributed by atoms with Crippen molar-refractivity contribution in [2.45, 2.75) is 65.0 Å². The number of aliphatic carboxylic acids is 1. The summed E-state index contributed by atoms with van der Waals surface area (Å²) in [6, 6.07) is 0.451. The molecule has 2 rings (SSSR count). The highest BCUT2D eigenvalue weighted by Gasteiger charge is 2.39. The summed E-state index contributed by atoms with van der Waals surface area (Å²) in [4.78, 5) is 41.9. The molecule has 26 heavy (non-hydrogen) atoms. The zero-order valence-corrected chi connectivity index (χ0v) is 16.3. The molecular formula is C19H33N3O4. The van der Waals surface area contributed by atoms with Crippen molar-refractivity contribution in [1.82, 2.24) is 14.7 Å². The first kappa shape index (κ1) is 20.7. The molecule has 0 unspecified atom stereocenters. The zero-order valence-electron chi connectivity index (χ0n) is 16.3. The quantitative estimate of drug-likeness (QED) is 0.702. The van der Waals surface area contributed by atoms with Crippen LogP contribution in [-0.2, 0) is 14.4 Å². The number of hydrogen-bond acceptors (Lipinski definition) is 4. The maximum absolute atomic E-state index is 12.9. The third-order valence-electron chi connectivity index (χ3n) is 5.93. The number of hydrogen-bond donors (Lipinski definition) is 1. The molecule has 0 radical (unpaired) electrons. The van der Waals surface area contributed by atoms with Crippen LogP contribution >= 0.6 is 0 Å². The van der Waals surface area contributed by atoms with E-state index in [1.54, 1.807) is 0 Å². The Kier molecular flexibility index (Phi) is 7.43. The van der Waals surface area contributed by atoms with E-state index < -0.39 is 5.97 Å². The summed E-state index contributed by atoms with van der Waals surface area (Å²) in [6.07, 6.45) is 3.76. The molecule has 0 aromatic rings. The van der Waals surface area contributed by atoms with Gasteiger partial charge in [0.25, 0.3) is 0 Å². The van der Waals surface area contributed by atoms with Gasteiger partial charge in [-0.15, -0.1) is 0 Å². The number of carbonyl (C=O) groups excluding carboxylic acids is 2. The van der Waals surface area contributed by atoms with Crippen molar-refractivity contribution in [1.29, 1.82) is 0 Å². The molecule has 0 bridgehead atoms. The van der Waals surface area contributed by atoms with E-state index in [0.29, 0.717) is 32.6 Å². The van der Waals surface area contributed by atoms with Crippen LogP contribution in [0.5, 0.6) is 0 Å². The number of nitrogens with zero attached hydrogens (tertiary/aromatic N) is 3. The SMILES string of the molecule is CCC(CC)N1C[C@H](C(=O)N2CCC(N(CC)CC(=O)O)CC2)CC1=O. The molecule has 148 valence electrons. The van der Waals surface area contributed by atoms with E-state index in [0.717, 1.165) is 25.7 Å². The standard InChI is InChI=1S/C19H33N3O4/c1-4-15(5-2)22-12-14(11-17(22)23)19(26)21-9-7-16(8-10-21)20(6-3)13-18(24)25/h14-16H,4-13H2,1-3H3,(H,24,25)/t14-/m1/s1. The number of carboxylic acid groups (broad SMARTS) is 1. The van der Waals surface area contributed by atoms with Gasteiger partial charge in [0.2, 0.25) is 11.8 Å². The van der Waals surface area contributed by atoms with Crippen LogP contribution in [0.1, 0.15) is 52.9 Å². The molecule has 2 heterocycles. The van der Waals surface area contributed by atoms with E-state index in [2.05, 4.69) is 13.8 Å². The Morgan fingerprint density at radius 3 is 2.31 bits per heavy atom. The van der Waals surface area contributed by atoms with Crippen LogP contribution in [0.3, 0.4) is 0 Å². The largest absolute Gasteiger partial charge is 0.480 e. The number of likely N-dealkylation sites (N-methyl/N-ethyl adjacent to an activating group) is 1. The summed E-state index contributed by atoms with van der Waals surface area (Å²) in [5, 5.41) is 9.02. The maximum Gasteiger partial charge on any atom is 0.317 e. The second-order valence-corrected chi connectivity index (χ2v) is 7.43. The number of piperidine rings is 1. The maximum atomic E-state index is 12.9. The van der Waals surface area contributed by atoms with Crippen LogP contribution in [-0.4, -0.2) is 82.4 Å². The molecule has 7 nitrogen and oxygen atoms in total. The van der Waals surface area contributed by atoms with Crippen molar-refractivity contribution in [3.63, 3.8) is 0 Å². The summed E-state index contributed by atoms with van der Waals surface area (Å²) >= 11 is 0. The average Bonchev–Trinajstić information content (AvgIpc) is 3.02. The lowest BCUT2D eigenvalue weighted by Gasteiger charge is -2.38. The fourth-order valence-corrected chi connectivity index (χ4v) is 4.36. The lowest BCUT2D eigenvalue weighted by Crippen LogP contribution is -2.49. The van der Waals surface area contributed by atoms with Gasteiger partial charge in [0.15, 0.2) is 0 Å². The molecule has 1 N–H and O–H groups in total. The normalized spacial score (nSPS) is 21.9. The summed E-state index contributed by atoms with van der Waals surface area (Å²) in [5.41, 5.74) is 0. The second-order valence-electron chi connectivity index (χ2n) is 7.43. The number of carbonyl (C=O) groups is 3. The summed E-state index contributed by atoms with van der Waals surface area (Å²) < 4.78 is 0. The molecule has 0 aliphatic carbocycles. The fourth-order valence-electron chi connectivity index (χ4n) is 4.36. The third-order valence-corrected chi connectivity index (χ3v) is 5.93. The predicted molar refractivity (Wildman–Crippen MR) is 98.7 cm³/mol. The number of amides is 2. The lowest BCUT2D eigenvalue weighted by molar-refractivity contribution is -0.141. The molecule has 0 saturated carbocycles. The third kappa shape index (κ3) is 4.75. The molecule has 0 aromatic heterocycles. The van der Waals surface area contributed by atoms with E-state index in [9.17, 15) is 14.4 Å². The van der Waals surface area contributed by atoms with E-state index in [-0.39, 0.29) is 36.4 Å². The topological polar surface area (TPSA) is 81.2 Å². The molecule has 7 heteroatoms. The molecule has 1 atom stereocenters. The van der Waals surface area contributed by atoms with Gasteiger partial charge in [0.1, 0.15) is 0 Å². The number of carboxylic acids is 1. The molecular weight excluding hydrogens is 334 g/mol. The number of likely N-dealkylation sites (tertiary alicyclic amines) is 2. The Morgan fingerprint density at radius 1 is 1.19 bits per heavy atom. The van der Waals surface area contributed by atoms with E-state index in [4.69, 9.17) is 5.11 Å². The van der Waals surface area contributed by atoms with Crippen LogP contribution in [0.2, 0.25) is 0 Å². The van der Waals surface area contributed by atoms with Gasteiger partial charge in [-0.2, -0.15) is 0 Å². The van der Waals surface area contributed by atoms with Crippen LogP contribution in [0.15, 0.2) is 0 Å². The highest BCUT2D eigenvalue weighted by atomic mass is 16.4. The van der Waals surface area contributed by atoms with Crippen LogP contribution in [0.4, 0.5) is 0 Å². The van der Waals surface area contributed by atoms with Crippen LogP contribution in [0.25, 0.3) is 0 Å². The van der Waals surface area contributed by atoms with E-state index >= 15 is 0 Å². The monoisotopic (exact) mass is 367 g/mol. The van der Waals surface area contributed by atoms with E-state index in [1.165, 1.54) is 0 Å². The van der Waals surface area contributed by atoms with Gasteiger partial charge in [-0.3, -0.25) is 19.3 Å². The predicted octanol–water partition coefficient (Wildman–Crippen LogP) is 1.42. The van der Waals surface area contributed by atoms with Gasteiger partial charge < -0.3 is 14.9 Å². The van der Waals surface area contributed by atoms with Crippen molar-refractivity contribution < 1.29 is 19.5 Å². The summed E-state index contributed by atoms with van der Waals surface area (Å²) in [6.45, 7) is 8.73. The van der Waals surface area contributed by atoms with Crippen molar-refractivity contribution in [3.05, 3.63) is 0 Å². The molecule has 0 aromatic carbocycles. The fraction of sp³-hybridized carbons (Fsp3) is 0.842. The van der Waals surface area contributed by atoms with Gasteiger partial charge in [-0.05, 0) is 32.2 Å². The smallest absolute Gasteiger partial charge is 0.317 e. The first-order valence-electron chi connectivity index (χ1n) is 9.95. The first-order valence-corrected chi connectivity index (χ1v) is 9.95. The van der Waals surface area contributed by atoms with Crippen molar-refractivity contribution >= 4 is 17.8 Å².